The summed E-state index contributed by atoms with van der Waals surface area (Å²) in [4.78, 5) is 17.2. The summed E-state index contributed by atoms with van der Waals surface area (Å²) in [5, 5.41) is 2.94. The molecule has 1 amide bonds. The highest BCUT2D eigenvalue weighted by atomic mass is 16.3. The molecule has 0 aromatic carbocycles. The minimum Gasteiger partial charge on any atom is -0.467 e. The third kappa shape index (κ3) is 5.44. The molecule has 4 heterocycles. The Morgan fingerprint density at radius 3 is 2.96 bits per heavy atom. The van der Waals surface area contributed by atoms with Crippen LogP contribution in [0.15, 0.2) is 34.5 Å². The summed E-state index contributed by atoms with van der Waals surface area (Å²) in [6.07, 6.45) is 7.16. The molecule has 0 radical (unpaired) electrons. The van der Waals surface area contributed by atoms with Crippen molar-refractivity contribution in [3.05, 3.63) is 35.8 Å². The smallest absolute Gasteiger partial charge is 0.221 e. The Morgan fingerprint density at radius 2 is 2.20 bits per heavy atom. The maximum absolute atomic E-state index is 12.1. The summed E-state index contributed by atoms with van der Waals surface area (Å²) in [6, 6.07) is 4.36. The number of carbonyl (C=O) groups excluding carboxylic acids is 1. The second kappa shape index (κ2) is 8.68. The van der Waals surface area contributed by atoms with Crippen LogP contribution in [-0.4, -0.2) is 54.5 Å². The maximum Gasteiger partial charge on any atom is 0.221 e. The van der Waals surface area contributed by atoms with Gasteiger partial charge in [0.1, 0.15) is 5.76 Å². The van der Waals surface area contributed by atoms with Crippen molar-refractivity contribution in [2.24, 2.45) is 5.92 Å². The Hall–Kier alpha value is -1.59. The van der Waals surface area contributed by atoms with Crippen molar-refractivity contribution in [3.63, 3.8) is 0 Å². The van der Waals surface area contributed by atoms with Crippen LogP contribution in [0.1, 0.15) is 38.9 Å². The molecule has 5 nitrogen and oxygen atoms in total. The van der Waals surface area contributed by atoms with Gasteiger partial charge in [-0.15, -0.1) is 0 Å². The van der Waals surface area contributed by atoms with Crippen LogP contribution in [0, 0.1) is 5.92 Å². The van der Waals surface area contributed by atoms with Gasteiger partial charge >= 0.3 is 0 Å². The number of allylic oxidation sites excluding steroid dienone is 1. The van der Waals surface area contributed by atoms with Gasteiger partial charge in [0.2, 0.25) is 5.91 Å². The molecule has 2 bridgehead atoms. The molecular weight excluding hydrogens is 314 g/mol. The molecule has 3 aliphatic heterocycles. The number of amides is 1. The van der Waals surface area contributed by atoms with Crippen LogP contribution >= 0.6 is 0 Å². The van der Waals surface area contributed by atoms with E-state index >= 15 is 0 Å². The monoisotopic (exact) mass is 345 g/mol. The Balaban J connectivity index is 1.44. The fourth-order valence-electron chi connectivity index (χ4n) is 3.93. The van der Waals surface area contributed by atoms with Crippen molar-refractivity contribution in [1.29, 1.82) is 0 Å². The van der Waals surface area contributed by atoms with E-state index in [0.29, 0.717) is 19.0 Å². The summed E-state index contributed by atoms with van der Waals surface area (Å²) in [6.45, 7) is 10.2. The average Bonchev–Trinajstić information content (AvgIpc) is 2.96. The zero-order chi connectivity index (χ0) is 17.6. The quantitative estimate of drug-likeness (QED) is 0.772. The Labute approximate surface area is 151 Å². The van der Waals surface area contributed by atoms with Crippen molar-refractivity contribution < 1.29 is 9.21 Å². The van der Waals surface area contributed by atoms with Gasteiger partial charge in [0.05, 0.1) is 12.8 Å². The third-order valence-electron chi connectivity index (χ3n) is 5.33. The molecule has 0 aliphatic carbocycles. The standard InChI is InChI=1S/C20H31N3O2/c1-16(2)7-10-23-14-17-5-6-18(23)15-22(13-17)9-8-20(24)21-12-19-4-3-11-25-19/h3-4,7,11,17-18H,5-6,8-10,12-15H2,1-2H3,(H,21,24)/t17-,18+/m0/s1. The van der Waals surface area contributed by atoms with Crippen molar-refractivity contribution >= 4 is 5.91 Å². The normalized spacial score (nSPS) is 24.1. The highest BCUT2D eigenvalue weighted by molar-refractivity contribution is 5.75. The highest BCUT2D eigenvalue weighted by Crippen LogP contribution is 2.28. The lowest BCUT2D eigenvalue weighted by atomic mass is 9.95. The molecule has 2 atom stereocenters. The molecular formula is C20H31N3O2. The van der Waals surface area contributed by atoms with Gasteiger partial charge in [0.15, 0.2) is 0 Å². The Kier molecular flexibility index (Phi) is 6.32. The lowest BCUT2D eigenvalue weighted by Crippen LogP contribution is -2.44. The lowest BCUT2D eigenvalue weighted by Gasteiger charge is -2.35. The maximum atomic E-state index is 12.1. The van der Waals surface area contributed by atoms with E-state index in [0.717, 1.165) is 37.9 Å². The molecule has 3 fully saturated rings. The second-order valence-corrected chi connectivity index (χ2v) is 7.70. The molecule has 0 spiro atoms. The molecule has 0 saturated carbocycles. The third-order valence-corrected chi connectivity index (χ3v) is 5.33. The molecule has 1 aromatic rings. The molecule has 5 heteroatoms. The van der Waals surface area contributed by atoms with Gasteiger partial charge in [-0.3, -0.25) is 9.69 Å². The first-order valence-corrected chi connectivity index (χ1v) is 9.49. The Morgan fingerprint density at radius 1 is 1.32 bits per heavy atom. The van der Waals surface area contributed by atoms with Crippen LogP contribution in [0.4, 0.5) is 0 Å². The summed E-state index contributed by atoms with van der Waals surface area (Å²) >= 11 is 0. The van der Waals surface area contributed by atoms with E-state index in [1.54, 1.807) is 6.26 Å². The average molecular weight is 345 g/mol. The van der Waals surface area contributed by atoms with Crippen molar-refractivity contribution in [2.75, 3.05) is 32.7 Å². The first-order valence-electron chi connectivity index (χ1n) is 9.49. The van der Waals surface area contributed by atoms with E-state index in [2.05, 4.69) is 35.0 Å². The van der Waals surface area contributed by atoms with E-state index in [1.807, 2.05) is 12.1 Å². The van der Waals surface area contributed by atoms with Gasteiger partial charge in [-0.1, -0.05) is 11.6 Å². The number of piperidine rings is 1. The summed E-state index contributed by atoms with van der Waals surface area (Å²) in [5.74, 6) is 1.65. The van der Waals surface area contributed by atoms with Gasteiger partial charge < -0.3 is 14.6 Å². The van der Waals surface area contributed by atoms with Gasteiger partial charge in [-0.2, -0.15) is 0 Å². The predicted molar refractivity (Wildman–Crippen MR) is 99.1 cm³/mol. The second-order valence-electron chi connectivity index (χ2n) is 7.70. The number of hydrogen-bond acceptors (Lipinski definition) is 4. The van der Waals surface area contributed by atoms with E-state index in [4.69, 9.17) is 4.42 Å². The van der Waals surface area contributed by atoms with Crippen molar-refractivity contribution in [1.82, 2.24) is 15.1 Å². The van der Waals surface area contributed by atoms with Gasteiger partial charge in [0.25, 0.3) is 0 Å². The molecule has 1 aromatic heterocycles. The Bertz CT molecular complexity index is 578. The number of nitrogens with one attached hydrogen (secondary N) is 1. The first-order chi connectivity index (χ1) is 12.1. The van der Waals surface area contributed by atoms with Gasteiger partial charge in [-0.05, 0) is 44.7 Å². The SMILES string of the molecule is CC(C)=CCN1C[C@H]2CC[C@@H]1CN(CCC(=O)NCc1ccco1)C2. The number of rotatable bonds is 7. The first kappa shape index (κ1) is 18.2. The molecule has 0 unspecified atom stereocenters. The van der Waals surface area contributed by atoms with Crippen LogP contribution in [0.25, 0.3) is 0 Å². The van der Waals surface area contributed by atoms with Crippen molar-refractivity contribution in [3.8, 4) is 0 Å². The molecule has 3 aliphatic rings. The zero-order valence-electron chi connectivity index (χ0n) is 15.5. The minimum absolute atomic E-state index is 0.106. The predicted octanol–water partition coefficient (Wildman–Crippen LogP) is 2.65. The van der Waals surface area contributed by atoms with Gasteiger partial charge in [-0.25, -0.2) is 0 Å². The fourth-order valence-corrected chi connectivity index (χ4v) is 3.93. The number of nitrogens with zero attached hydrogens (tertiary/aromatic N) is 2. The summed E-state index contributed by atoms with van der Waals surface area (Å²) in [7, 11) is 0. The van der Waals surface area contributed by atoms with Crippen LogP contribution in [-0.2, 0) is 11.3 Å². The largest absolute Gasteiger partial charge is 0.467 e. The van der Waals surface area contributed by atoms with E-state index in [9.17, 15) is 4.79 Å². The van der Waals surface area contributed by atoms with E-state index in [-0.39, 0.29) is 5.91 Å². The molecule has 4 rings (SSSR count). The van der Waals surface area contributed by atoms with Crippen LogP contribution in [0.2, 0.25) is 0 Å². The summed E-state index contributed by atoms with van der Waals surface area (Å²) in [5.41, 5.74) is 1.39. The van der Waals surface area contributed by atoms with Crippen molar-refractivity contribution in [2.45, 2.75) is 45.7 Å². The lowest BCUT2D eigenvalue weighted by molar-refractivity contribution is -0.121. The van der Waals surface area contributed by atoms with Crippen LogP contribution in [0.5, 0.6) is 0 Å². The van der Waals surface area contributed by atoms with Crippen LogP contribution in [0.3, 0.4) is 0 Å². The van der Waals surface area contributed by atoms with E-state index < -0.39 is 0 Å². The van der Waals surface area contributed by atoms with E-state index in [1.165, 1.54) is 25.0 Å². The van der Waals surface area contributed by atoms with Gasteiger partial charge in [0, 0.05) is 45.2 Å². The number of hydrogen-bond donors (Lipinski definition) is 1. The fraction of sp³-hybridized carbons (Fsp3) is 0.650. The molecule has 138 valence electrons. The number of furan rings is 1. The minimum atomic E-state index is 0.106. The highest BCUT2D eigenvalue weighted by Gasteiger charge is 2.34. The molecule has 1 N–H and O–H groups in total. The molecule has 25 heavy (non-hydrogen) atoms. The number of carbonyl (C=O) groups is 1. The van der Waals surface area contributed by atoms with Crippen LogP contribution < -0.4 is 5.32 Å². The molecule has 3 saturated heterocycles. The topological polar surface area (TPSA) is 48.7 Å². The summed E-state index contributed by atoms with van der Waals surface area (Å²) < 4.78 is 5.25. The number of fused-ring (bicyclic) bond motifs is 4. The zero-order valence-corrected chi connectivity index (χ0v) is 15.5.